The maximum atomic E-state index is 12.9. The van der Waals surface area contributed by atoms with Gasteiger partial charge in [-0.25, -0.2) is 13.2 Å². The first-order valence-corrected chi connectivity index (χ1v) is 10.4. The van der Waals surface area contributed by atoms with E-state index in [0.29, 0.717) is 50.7 Å². The molecule has 0 aliphatic carbocycles. The van der Waals surface area contributed by atoms with Gasteiger partial charge in [0, 0.05) is 32.4 Å². The number of carbonyl (C=O) groups is 1. The van der Waals surface area contributed by atoms with Crippen molar-refractivity contribution in [3.05, 3.63) is 17.4 Å². The molecule has 2 aliphatic rings. The molecule has 1 aromatic rings. The zero-order valence-electron chi connectivity index (χ0n) is 14.2. The van der Waals surface area contributed by atoms with Crippen molar-refractivity contribution in [3.8, 4) is 0 Å². The van der Waals surface area contributed by atoms with Crippen LogP contribution in [0.15, 0.2) is 12.4 Å². The Morgan fingerprint density at radius 2 is 2.04 bits per heavy atom. The molecule has 8 nitrogen and oxygen atoms in total. The number of sulfonamides is 1. The van der Waals surface area contributed by atoms with Gasteiger partial charge in [-0.05, 0) is 26.2 Å². The van der Waals surface area contributed by atoms with Crippen molar-refractivity contribution >= 4 is 27.7 Å². The number of nitrogens with zero attached hydrogens (tertiary/aromatic N) is 4. The summed E-state index contributed by atoms with van der Waals surface area (Å²) in [6, 6.07) is 0.0156. The van der Waals surface area contributed by atoms with Crippen molar-refractivity contribution < 1.29 is 17.9 Å². The molecule has 2 saturated heterocycles. The molecule has 0 aromatic carbocycles. The number of hydrogen-bond acceptors (Lipinski definition) is 5. The van der Waals surface area contributed by atoms with Crippen LogP contribution in [0.1, 0.15) is 32.2 Å². The second-order valence-corrected chi connectivity index (χ2v) is 9.02. The molecule has 10 heteroatoms. The van der Waals surface area contributed by atoms with Crippen molar-refractivity contribution in [2.45, 2.75) is 37.5 Å². The molecule has 3 rings (SSSR count). The van der Waals surface area contributed by atoms with E-state index < -0.39 is 15.3 Å². The molecule has 0 N–H and O–H groups in total. The van der Waals surface area contributed by atoms with E-state index in [0.717, 1.165) is 6.42 Å². The van der Waals surface area contributed by atoms with Crippen LogP contribution in [0.25, 0.3) is 0 Å². The Hall–Kier alpha value is -1.32. The number of aromatic nitrogens is 2. The highest BCUT2D eigenvalue weighted by Gasteiger charge is 2.39. The number of hydrogen-bond donors (Lipinski definition) is 0. The summed E-state index contributed by atoms with van der Waals surface area (Å²) in [5.74, 6) is 0. The summed E-state index contributed by atoms with van der Waals surface area (Å²) in [5, 5.41) is 4.28. The van der Waals surface area contributed by atoms with Gasteiger partial charge in [0.15, 0.2) is 0 Å². The number of likely N-dealkylation sites (tertiary alicyclic amines) is 1. The van der Waals surface area contributed by atoms with Crippen LogP contribution in [-0.4, -0.2) is 71.5 Å². The number of piperidine rings is 1. The topological polar surface area (TPSA) is 84.7 Å². The largest absolute Gasteiger partial charge is 0.450 e. The van der Waals surface area contributed by atoms with E-state index in [-0.39, 0.29) is 12.1 Å². The van der Waals surface area contributed by atoms with Gasteiger partial charge in [-0.2, -0.15) is 9.40 Å². The molecule has 0 bridgehead atoms. The first-order chi connectivity index (χ1) is 11.9. The maximum absolute atomic E-state index is 12.9. The number of halogens is 1. The standard InChI is InChI=1S/C15H23ClN4O4S/c1-2-24-15(21)18-6-4-14(5-7-18)25(22,23)19-8-3-13(11-19)20-10-12(16)9-17-20/h9-10,13-14H,2-8,11H2,1H3. The van der Waals surface area contributed by atoms with Gasteiger partial charge in [-0.3, -0.25) is 4.68 Å². The predicted molar refractivity (Wildman–Crippen MR) is 93.0 cm³/mol. The lowest BCUT2D eigenvalue weighted by Crippen LogP contribution is -2.46. The molecule has 2 aliphatic heterocycles. The molecule has 25 heavy (non-hydrogen) atoms. The van der Waals surface area contributed by atoms with Gasteiger partial charge >= 0.3 is 6.09 Å². The molecule has 2 fully saturated rings. The zero-order valence-corrected chi connectivity index (χ0v) is 15.7. The zero-order chi connectivity index (χ0) is 18.0. The minimum Gasteiger partial charge on any atom is -0.450 e. The van der Waals surface area contributed by atoms with Crippen molar-refractivity contribution in [3.63, 3.8) is 0 Å². The second kappa shape index (κ2) is 7.51. The minimum absolute atomic E-state index is 0.0156. The molecule has 0 spiro atoms. The lowest BCUT2D eigenvalue weighted by Gasteiger charge is -2.32. The van der Waals surface area contributed by atoms with Crippen LogP contribution < -0.4 is 0 Å². The Bertz CT molecular complexity index is 715. The Morgan fingerprint density at radius 1 is 1.32 bits per heavy atom. The highest BCUT2D eigenvalue weighted by atomic mass is 35.5. The molecule has 3 heterocycles. The lowest BCUT2D eigenvalue weighted by atomic mass is 10.1. The Balaban J connectivity index is 1.59. The minimum atomic E-state index is -3.38. The van der Waals surface area contributed by atoms with Gasteiger partial charge < -0.3 is 9.64 Å². The summed E-state index contributed by atoms with van der Waals surface area (Å²) in [6.45, 7) is 3.81. The number of ether oxygens (including phenoxy) is 1. The summed E-state index contributed by atoms with van der Waals surface area (Å²) < 4.78 is 34.1. The van der Waals surface area contributed by atoms with E-state index in [1.165, 1.54) is 0 Å². The average Bonchev–Trinajstić information content (AvgIpc) is 3.24. The molecule has 0 saturated carbocycles. The quantitative estimate of drug-likeness (QED) is 0.781. The Labute approximate surface area is 152 Å². The van der Waals surface area contributed by atoms with E-state index >= 15 is 0 Å². The van der Waals surface area contributed by atoms with Crippen molar-refractivity contribution in [1.29, 1.82) is 0 Å². The van der Waals surface area contributed by atoms with Crippen LogP contribution in [-0.2, 0) is 14.8 Å². The van der Waals surface area contributed by atoms with Gasteiger partial charge in [-0.1, -0.05) is 11.6 Å². The Morgan fingerprint density at radius 3 is 2.64 bits per heavy atom. The van der Waals surface area contributed by atoms with Gasteiger partial charge in [0.1, 0.15) is 0 Å². The third-order valence-electron chi connectivity index (χ3n) is 4.82. The van der Waals surface area contributed by atoms with Crippen LogP contribution in [0.2, 0.25) is 5.02 Å². The van der Waals surface area contributed by atoms with Crippen LogP contribution in [0.4, 0.5) is 4.79 Å². The molecular formula is C15H23ClN4O4S. The van der Waals surface area contributed by atoms with E-state index in [9.17, 15) is 13.2 Å². The molecule has 1 aromatic heterocycles. The summed E-state index contributed by atoms with van der Waals surface area (Å²) in [7, 11) is -3.38. The molecule has 1 amide bonds. The third-order valence-corrected chi connectivity index (χ3v) is 7.38. The van der Waals surface area contributed by atoms with E-state index in [1.807, 2.05) is 0 Å². The highest BCUT2D eigenvalue weighted by molar-refractivity contribution is 7.89. The number of amides is 1. The summed E-state index contributed by atoms with van der Waals surface area (Å²) in [5.41, 5.74) is 0. The monoisotopic (exact) mass is 390 g/mol. The fraction of sp³-hybridized carbons (Fsp3) is 0.733. The molecule has 1 unspecified atom stereocenters. The summed E-state index contributed by atoms with van der Waals surface area (Å²) in [6.07, 6.45) is 4.52. The maximum Gasteiger partial charge on any atom is 0.409 e. The lowest BCUT2D eigenvalue weighted by molar-refractivity contribution is 0.0998. The summed E-state index contributed by atoms with van der Waals surface area (Å²) >= 11 is 5.89. The Kier molecular flexibility index (Phi) is 5.55. The molecular weight excluding hydrogens is 368 g/mol. The third kappa shape index (κ3) is 3.93. The van der Waals surface area contributed by atoms with Gasteiger partial charge in [0.2, 0.25) is 10.0 Å². The first kappa shape index (κ1) is 18.5. The van der Waals surface area contributed by atoms with Crippen LogP contribution in [0.3, 0.4) is 0 Å². The predicted octanol–water partition coefficient (Wildman–Crippen LogP) is 1.73. The molecule has 1 atom stereocenters. The second-order valence-electron chi connectivity index (χ2n) is 6.37. The summed E-state index contributed by atoms with van der Waals surface area (Å²) in [4.78, 5) is 13.3. The van der Waals surface area contributed by atoms with Gasteiger partial charge in [0.25, 0.3) is 0 Å². The smallest absolute Gasteiger partial charge is 0.409 e. The van der Waals surface area contributed by atoms with E-state index in [4.69, 9.17) is 16.3 Å². The number of rotatable bonds is 4. The van der Waals surface area contributed by atoms with Crippen LogP contribution in [0, 0.1) is 0 Å². The SMILES string of the molecule is CCOC(=O)N1CCC(S(=O)(=O)N2CCC(n3cc(Cl)cn3)C2)CC1. The number of carbonyl (C=O) groups excluding carboxylic acids is 1. The van der Waals surface area contributed by atoms with Crippen molar-refractivity contribution in [2.75, 3.05) is 32.8 Å². The van der Waals surface area contributed by atoms with Gasteiger partial charge in [-0.15, -0.1) is 0 Å². The average molecular weight is 391 g/mol. The van der Waals surface area contributed by atoms with Crippen molar-refractivity contribution in [2.24, 2.45) is 0 Å². The van der Waals surface area contributed by atoms with Crippen LogP contribution >= 0.6 is 11.6 Å². The van der Waals surface area contributed by atoms with Crippen LogP contribution in [0.5, 0.6) is 0 Å². The fourth-order valence-electron chi connectivity index (χ4n) is 3.43. The highest BCUT2D eigenvalue weighted by Crippen LogP contribution is 2.29. The normalized spacial score (nSPS) is 23.1. The van der Waals surface area contributed by atoms with Crippen molar-refractivity contribution in [1.82, 2.24) is 19.0 Å². The first-order valence-electron chi connectivity index (χ1n) is 8.52. The molecule has 0 radical (unpaired) electrons. The fourth-order valence-corrected chi connectivity index (χ4v) is 5.55. The van der Waals surface area contributed by atoms with E-state index in [2.05, 4.69) is 5.10 Å². The van der Waals surface area contributed by atoms with Gasteiger partial charge in [0.05, 0.1) is 29.1 Å². The molecule has 140 valence electrons. The van der Waals surface area contributed by atoms with E-state index in [1.54, 1.807) is 33.2 Å².